The Morgan fingerprint density at radius 1 is 1.22 bits per heavy atom. The number of hydrogen-bond acceptors (Lipinski definition) is 3. The fraction of sp³-hybridized carbons (Fsp3) is 0.0714. The maximum atomic E-state index is 13.2. The van der Waals surface area contributed by atoms with E-state index in [0.29, 0.717) is 11.3 Å². The number of nitrogens with two attached hydrogens (primary N) is 1. The molecule has 0 atom stereocenters. The molecular formula is C14H11FN2S. The Labute approximate surface area is 109 Å². The number of hydrogen-bond donors (Lipinski definition) is 1. The van der Waals surface area contributed by atoms with Gasteiger partial charge in [-0.1, -0.05) is 12.1 Å². The van der Waals surface area contributed by atoms with Crippen molar-refractivity contribution in [1.82, 2.24) is 0 Å². The maximum absolute atomic E-state index is 13.2. The van der Waals surface area contributed by atoms with Gasteiger partial charge in [0.15, 0.2) is 0 Å². The number of nitrogen functional groups attached to an aromatic ring is 1. The topological polar surface area (TPSA) is 49.8 Å². The van der Waals surface area contributed by atoms with E-state index >= 15 is 0 Å². The molecule has 0 aliphatic carbocycles. The summed E-state index contributed by atoms with van der Waals surface area (Å²) in [5.74, 6) is 0.296. The molecule has 2 nitrogen and oxygen atoms in total. The highest BCUT2D eigenvalue weighted by molar-refractivity contribution is 7.98. The highest BCUT2D eigenvalue weighted by Crippen LogP contribution is 2.25. The fourth-order valence-electron chi connectivity index (χ4n) is 1.49. The molecule has 0 aromatic heterocycles. The number of nitrogens with zero attached hydrogens (tertiary/aromatic N) is 1. The van der Waals surface area contributed by atoms with Gasteiger partial charge in [0.25, 0.3) is 0 Å². The molecule has 18 heavy (non-hydrogen) atoms. The molecule has 0 aliphatic heterocycles. The average Bonchev–Trinajstić information content (AvgIpc) is 2.40. The zero-order valence-corrected chi connectivity index (χ0v) is 10.4. The summed E-state index contributed by atoms with van der Waals surface area (Å²) in [6, 6.07) is 14.3. The minimum Gasteiger partial charge on any atom is -0.396 e. The Morgan fingerprint density at radius 3 is 2.78 bits per heavy atom. The molecule has 4 heteroatoms. The summed E-state index contributed by atoms with van der Waals surface area (Å²) in [4.78, 5) is 0.823. The lowest BCUT2D eigenvalue weighted by Gasteiger charge is -2.04. The molecule has 0 aliphatic rings. The zero-order chi connectivity index (χ0) is 13.0. The Bertz CT molecular complexity index is 605. The number of benzene rings is 2. The summed E-state index contributed by atoms with van der Waals surface area (Å²) < 4.78 is 13.2. The van der Waals surface area contributed by atoms with Crippen molar-refractivity contribution in [1.29, 1.82) is 5.26 Å². The van der Waals surface area contributed by atoms with Crippen molar-refractivity contribution in [3.8, 4) is 6.07 Å². The first-order valence-electron chi connectivity index (χ1n) is 5.36. The van der Waals surface area contributed by atoms with Crippen LogP contribution in [0.2, 0.25) is 0 Å². The number of anilines is 1. The van der Waals surface area contributed by atoms with Crippen LogP contribution in [0, 0.1) is 17.1 Å². The molecule has 0 saturated carbocycles. The van der Waals surface area contributed by atoms with Crippen LogP contribution in [0.5, 0.6) is 0 Å². The van der Waals surface area contributed by atoms with Crippen LogP contribution >= 0.6 is 11.8 Å². The minimum absolute atomic E-state index is 0.158. The van der Waals surface area contributed by atoms with Gasteiger partial charge in [-0.15, -0.1) is 11.8 Å². The molecule has 0 spiro atoms. The lowest BCUT2D eigenvalue weighted by atomic mass is 10.2. The van der Waals surface area contributed by atoms with Crippen LogP contribution < -0.4 is 5.73 Å². The first-order chi connectivity index (χ1) is 8.69. The molecule has 0 amide bonds. The second-order valence-electron chi connectivity index (χ2n) is 3.78. The second kappa shape index (κ2) is 5.56. The first-order valence-corrected chi connectivity index (χ1v) is 6.34. The molecule has 2 aromatic rings. The quantitative estimate of drug-likeness (QED) is 0.676. The highest BCUT2D eigenvalue weighted by Gasteiger charge is 2.02. The number of nitriles is 1. The summed E-state index contributed by atoms with van der Waals surface area (Å²) in [5, 5.41) is 8.79. The maximum Gasteiger partial charge on any atom is 0.147 e. The minimum atomic E-state index is -0.397. The van der Waals surface area contributed by atoms with Crippen molar-refractivity contribution in [2.45, 2.75) is 10.6 Å². The summed E-state index contributed by atoms with van der Waals surface area (Å²) in [6.07, 6.45) is 0. The highest BCUT2D eigenvalue weighted by atomic mass is 32.2. The van der Waals surface area contributed by atoms with Gasteiger partial charge < -0.3 is 5.73 Å². The molecule has 0 unspecified atom stereocenters. The van der Waals surface area contributed by atoms with Crippen LogP contribution in [0.4, 0.5) is 10.1 Å². The number of rotatable bonds is 3. The van der Waals surface area contributed by atoms with Crippen LogP contribution in [0.3, 0.4) is 0 Å². The molecule has 0 bridgehead atoms. The van der Waals surface area contributed by atoms with E-state index in [2.05, 4.69) is 6.07 Å². The van der Waals surface area contributed by atoms with Crippen molar-refractivity contribution in [2.24, 2.45) is 0 Å². The van der Waals surface area contributed by atoms with E-state index in [1.165, 1.54) is 17.8 Å². The van der Waals surface area contributed by atoms with Gasteiger partial charge in [0, 0.05) is 10.6 Å². The lowest BCUT2D eigenvalue weighted by Crippen LogP contribution is -1.90. The predicted molar refractivity (Wildman–Crippen MR) is 71.5 cm³/mol. The van der Waals surface area contributed by atoms with Crippen LogP contribution in [0.25, 0.3) is 0 Å². The van der Waals surface area contributed by atoms with Crippen molar-refractivity contribution >= 4 is 17.4 Å². The van der Waals surface area contributed by atoms with Crippen molar-refractivity contribution in [3.05, 3.63) is 59.4 Å². The third kappa shape index (κ3) is 3.02. The predicted octanol–water partition coefficient (Wildman–Crippen LogP) is 3.57. The molecule has 2 N–H and O–H groups in total. The third-order valence-corrected chi connectivity index (χ3v) is 3.50. The van der Waals surface area contributed by atoms with E-state index in [0.717, 1.165) is 10.5 Å². The van der Waals surface area contributed by atoms with E-state index in [9.17, 15) is 4.39 Å². The molecular weight excluding hydrogens is 247 g/mol. The molecule has 0 fully saturated rings. The van der Waals surface area contributed by atoms with Gasteiger partial charge in [0.2, 0.25) is 0 Å². The average molecular weight is 258 g/mol. The third-order valence-electron chi connectivity index (χ3n) is 2.43. The largest absolute Gasteiger partial charge is 0.396 e. The van der Waals surface area contributed by atoms with Crippen LogP contribution in [-0.2, 0) is 5.75 Å². The monoisotopic (exact) mass is 258 g/mol. The van der Waals surface area contributed by atoms with Crippen LogP contribution in [0.15, 0.2) is 47.4 Å². The van der Waals surface area contributed by atoms with Gasteiger partial charge in [0.1, 0.15) is 5.82 Å². The fourth-order valence-corrected chi connectivity index (χ4v) is 2.36. The molecule has 2 aromatic carbocycles. The van der Waals surface area contributed by atoms with Gasteiger partial charge in [0.05, 0.1) is 17.3 Å². The second-order valence-corrected chi connectivity index (χ2v) is 4.83. The van der Waals surface area contributed by atoms with E-state index < -0.39 is 5.82 Å². The Kier molecular flexibility index (Phi) is 3.85. The van der Waals surface area contributed by atoms with E-state index in [4.69, 9.17) is 11.0 Å². The normalized spacial score (nSPS) is 10.0. The van der Waals surface area contributed by atoms with Gasteiger partial charge in [-0.3, -0.25) is 0 Å². The Hall–Kier alpha value is -1.99. The van der Waals surface area contributed by atoms with Crippen molar-refractivity contribution < 1.29 is 4.39 Å². The smallest absolute Gasteiger partial charge is 0.147 e. The molecule has 2 rings (SSSR count). The molecule has 0 radical (unpaired) electrons. The SMILES string of the molecule is N#Cc1cccc(CSc2ccc(N)c(F)c2)c1. The standard InChI is InChI=1S/C14H11FN2S/c15-13-7-12(4-5-14(13)17)18-9-11-3-1-2-10(6-11)8-16/h1-7H,9,17H2. The van der Waals surface area contributed by atoms with Gasteiger partial charge >= 0.3 is 0 Å². The Morgan fingerprint density at radius 2 is 2.06 bits per heavy atom. The Balaban J connectivity index is 2.07. The van der Waals surface area contributed by atoms with E-state index in [1.807, 2.05) is 18.2 Å². The summed E-state index contributed by atoms with van der Waals surface area (Å²) in [6.45, 7) is 0. The van der Waals surface area contributed by atoms with Crippen molar-refractivity contribution in [3.63, 3.8) is 0 Å². The van der Waals surface area contributed by atoms with Crippen molar-refractivity contribution in [2.75, 3.05) is 5.73 Å². The zero-order valence-electron chi connectivity index (χ0n) is 9.56. The summed E-state index contributed by atoms with van der Waals surface area (Å²) in [7, 11) is 0. The van der Waals surface area contributed by atoms with E-state index in [1.54, 1.807) is 18.2 Å². The van der Waals surface area contributed by atoms with Gasteiger partial charge in [-0.05, 0) is 35.9 Å². The summed E-state index contributed by atoms with van der Waals surface area (Å²) in [5.41, 5.74) is 7.25. The molecule has 0 heterocycles. The first kappa shape index (κ1) is 12.5. The van der Waals surface area contributed by atoms with Gasteiger partial charge in [-0.2, -0.15) is 5.26 Å². The molecule has 0 saturated heterocycles. The lowest BCUT2D eigenvalue weighted by molar-refractivity contribution is 0.629. The van der Waals surface area contributed by atoms with Gasteiger partial charge in [-0.25, -0.2) is 4.39 Å². The number of halogens is 1. The number of thioether (sulfide) groups is 1. The summed E-state index contributed by atoms with van der Waals surface area (Å²) >= 11 is 1.51. The van der Waals surface area contributed by atoms with Crippen LogP contribution in [-0.4, -0.2) is 0 Å². The van der Waals surface area contributed by atoms with Crippen LogP contribution in [0.1, 0.15) is 11.1 Å². The molecule has 90 valence electrons. The van der Waals surface area contributed by atoms with E-state index in [-0.39, 0.29) is 5.69 Å².